The Kier molecular flexibility index (Phi) is 3.47. The molecule has 4 nitrogen and oxygen atoms in total. The fraction of sp³-hybridized carbons (Fsp3) is 0.500. The van der Waals surface area contributed by atoms with E-state index in [1.54, 1.807) is 0 Å². The number of rotatable bonds is 4. The van der Waals surface area contributed by atoms with Crippen LogP contribution < -0.4 is 5.32 Å². The Morgan fingerprint density at radius 1 is 1.40 bits per heavy atom. The molecule has 0 radical (unpaired) electrons. The molecule has 2 aliphatic rings. The second-order valence-corrected chi connectivity index (χ2v) is 5.91. The van der Waals surface area contributed by atoms with Gasteiger partial charge in [0.25, 0.3) is 0 Å². The van der Waals surface area contributed by atoms with Crippen LogP contribution in [-0.2, 0) is 16.0 Å². The predicted octanol–water partition coefficient (Wildman–Crippen LogP) is 1.42. The first kappa shape index (κ1) is 13.2. The van der Waals surface area contributed by atoms with Crippen LogP contribution in [0, 0.1) is 6.92 Å². The van der Waals surface area contributed by atoms with Gasteiger partial charge in [0.15, 0.2) is 0 Å². The second-order valence-electron chi connectivity index (χ2n) is 5.91. The van der Waals surface area contributed by atoms with Crippen LogP contribution >= 0.6 is 0 Å². The molecular formula is C16H20N2O2. The molecular weight excluding hydrogens is 252 g/mol. The van der Waals surface area contributed by atoms with Crippen LogP contribution in [0.2, 0.25) is 0 Å². The van der Waals surface area contributed by atoms with E-state index in [2.05, 4.69) is 5.32 Å². The zero-order chi connectivity index (χ0) is 14.1. The van der Waals surface area contributed by atoms with Crippen molar-refractivity contribution in [3.8, 4) is 0 Å². The van der Waals surface area contributed by atoms with Crippen molar-refractivity contribution in [3.05, 3.63) is 35.4 Å². The molecule has 2 amide bonds. The van der Waals surface area contributed by atoms with Crippen LogP contribution in [0.1, 0.15) is 30.4 Å². The van der Waals surface area contributed by atoms with Gasteiger partial charge in [-0.3, -0.25) is 9.59 Å². The predicted molar refractivity (Wildman–Crippen MR) is 76.2 cm³/mol. The molecule has 1 aliphatic carbocycles. The molecule has 1 aliphatic heterocycles. The monoisotopic (exact) mass is 272 g/mol. The van der Waals surface area contributed by atoms with Gasteiger partial charge in [-0.05, 0) is 25.3 Å². The molecule has 1 N–H and O–H groups in total. The van der Waals surface area contributed by atoms with Gasteiger partial charge in [0, 0.05) is 19.0 Å². The molecule has 1 aromatic carbocycles. The molecule has 2 fully saturated rings. The largest absolute Gasteiger partial charge is 0.351 e. The summed E-state index contributed by atoms with van der Waals surface area (Å²) in [6.45, 7) is 2.70. The molecule has 0 bridgehead atoms. The molecule has 1 saturated heterocycles. The SMILES string of the molecule is Cc1cccc(CC(=O)N[C@@H]2CC(=O)N(C3CC3)C2)c1. The fourth-order valence-electron chi connectivity index (χ4n) is 2.85. The highest BCUT2D eigenvalue weighted by atomic mass is 16.2. The Labute approximate surface area is 119 Å². The Hall–Kier alpha value is -1.84. The van der Waals surface area contributed by atoms with E-state index < -0.39 is 0 Å². The van der Waals surface area contributed by atoms with Crippen LogP contribution in [0.25, 0.3) is 0 Å². The number of carbonyl (C=O) groups excluding carboxylic acids is 2. The number of hydrogen-bond acceptors (Lipinski definition) is 2. The maximum absolute atomic E-state index is 12.0. The van der Waals surface area contributed by atoms with Crippen molar-refractivity contribution >= 4 is 11.8 Å². The van der Waals surface area contributed by atoms with Crippen molar-refractivity contribution in [3.63, 3.8) is 0 Å². The van der Waals surface area contributed by atoms with Gasteiger partial charge in [-0.2, -0.15) is 0 Å². The van der Waals surface area contributed by atoms with E-state index in [0.717, 1.165) is 24.0 Å². The van der Waals surface area contributed by atoms with Gasteiger partial charge in [-0.1, -0.05) is 29.8 Å². The van der Waals surface area contributed by atoms with E-state index in [1.807, 2.05) is 36.1 Å². The number of benzene rings is 1. The molecule has 0 spiro atoms. The van der Waals surface area contributed by atoms with E-state index in [4.69, 9.17) is 0 Å². The number of nitrogens with zero attached hydrogens (tertiary/aromatic N) is 1. The van der Waals surface area contributed by atoms with Crippen LogP contribution in [0.4, 0.5) is 0 Å². The van der Waals surface area contributed by atoms with Gasteiger partial charge in [0.2, 0.25) is 11.8 Å². The lowest BCUT2D eigenvalue weighted by Crippen LogP contribution is -2.38. The van der Waals surface area contributed by atoms with Crippen molar-refractivity contribution < 1.29 is 9.59 Å². The Bertz CT molecular complexity index is 537. The molecule has 0 aromatic heterocycles. The molecule has 1 saturated carbocycles. The van der Waals surface area contributed by atoms with Gasteiger partial charge in [-0.15, -0.1) is 0 Å². The van der Waals surface area contributed by atoms with Gasteiger partial charge in [0.05, 0.1) is 12.5 Å². The highest BCUT2D eigenvalue weighted by Crippen LogP contribution is 2.30. The van der Waals surface area contributed by atoms with Crippen molar-refractivity contribution in [1.29, 1.82) is 0 Å². The quantitative estimate of drug-likeness (QED) is 0.901. The van der Waals surface area contributed by atoms with Crippen molar-refractivity contribution in [1.82, 2.24) is 10.2 Å². The molecule has 1 heterocycles. The van der Waals surface area contributed by atoms with Crippen molar-refractivity contribution in [2.75, 3.05) is 6.54 Å². The van der Waals surface area contributed by atoms with Gasteiger partial charge in [-0.25, -0.2) is 0 Å². The fourth-order valence-corrected chi connectivity index (χ4v) is 2.85. The van der Waals surface area contributed by atoms with Gasteiger partial charge >= 0.3 is 0 Å². The molecule has 0 unspecified atom stereocenters. The standard InChI is InChI=1S/C16H20N2O2/c1-11-3-2-4-12(7-11)8-15(19)17-13-9-16(20)18(10-13)14-5-6-14/h2-4,7,13-14H,5-6,8-10H2,1H3,(H,17,19)/t13-/m1/s1. The normalized spacial score (nSPS) is 22.1. The van der Waals surface area contributed by atoms with E-state index in [9.17, 15) is 9.59 Å². The van der Waals surface area contributed by atoms with E-state index in [1.165, 1.54) is 0 Å². The lowest BCUT2D eigenvalue weighted by Gasteiger charge is -2.16. The third-order valence-electron chi connectivity index (χ3n) is 3.96. The number of aryl methyl sites for hydroxylation is 1. The maximum atomic E-state index is 12.0. The van der Waals surface area contributed by atoms with Gasteiger partial charge in [0.1, 0.15) is 0 Å². The lowest BCUT2D eigenvalue weighted by molar-refractivity contribution is -0.128. The van der Waals surface area contributed by atoms with E-state index >= 15 is 0 Å². The molecule has 106 valence electrons. The highest BCUT2D eigenvalue weighted by Gasteiger charge is 2.39. The van der Waals surface area contributed by atoms with E-state index in [-0.39, 0.29) is 17.9 Å². The minimum Gasteiger partial charge on any atom is -0.351 e. The third kappa shape index (κ3) is 3.00. The average Bonchev–Trinajstić information content (AvgIpc) is 3.14. The summed E-state index contributed by atoms with van der Waals surface area (Å²) in [6.07, 6.45) is 3.08. The number of likely N-dealkylation sites (tertiary alicyclic amines) is 1. The second kappa shape index (κ2) is 5.27. The Morgan fingerprint density at radius 2 is 2.20 bits per heavy atom. The minimum absolute atomic E-state index is 0.00560. The number of amides is 2. The summed E-state index contributed by atoms with van der Waals surface area (Å²) >= 11 is 0. The molecule has 1 atom stereocenters. The van der Waals surface area contributed by atoms with Crippen LogP contribution in [0.3, 0.4) is 0 Å². The molecule has 1 aromatic rings. The summed E-state index contributed by atoms with van der Waals surface area (Å²) in [5.41, 5.74) is 2.18. The van der Waals surface area contributed by atoms with Crippen molar-refractivity contribution in [2.45, 2.75) is 44.7 Å². The van der Waals surface area contributed by atoms with Crippen LogP contribution in [0.15, 0.2) is 24.3 Å². The van der Waals surface area contributed by atoms with E-state index in [0.29, 0.717) is 25.4 Å². The summed E-state index contributed by atoms with van der Waals surface area (Å²) < 4.78 is 0. The first-order valence-electron chi connectivity index (χ1n) is 7.26. The summed E-state index contributed by atoms with van der Waals surface area (Å²) in [6, 6.07) is 8.40. The maximum Gasteiger partial charge on any atom is 0.225 e. The Morgan fingerprint density at radius 3 is 2.90 bits per heavy atom. The summed E-state index contributed by atoms with van der Waals surface area (Å²) in [5, 5.41) is 2.99. The van der Waals surface area contributed by atoms with Gasteiger partial charge < -0.3 is 10.2 Å². The molecule has 3 rings (SSSR count). The number of hydrogen-bond donors (Lipinski definition) is 1. The van der Waals surface area contributed by atoms with Crippen LogP contribution in [0.5, 0.6) is 0 Å². The molecule has 20 heavy (non-hydrogen) atoms. The first-order valence-corrected chi connectivity index (χ1v) is 7.26. The summed E-state index contributed by atoms with van der Waals surface area (Å²) in [4.78, 5) is 25.8. The smallest absolute Gasteiger partial charge is 0.225 e. The number of carbonyl (C=O) groups is 2. The molecule has 4 heteroatoms. The highest BCUT2D eigenvalue weighted by molar-refractivity contribution is 5.83. The summed E-state index contributed by atoms with van der Waals surface area (Å²) in [5.74, 6) is 0.194. The zero-order valence-electron chi connectivity index (χ0n) is 11.8. The average molecular weight is 272 g/mol. The number of nitrogens with one attached hydrogen (secondary N) is 1. The zero-order valence-corrected chi connectivity index (χ0v) is 11.8. The minimum atomic E-state index is -0.0135. The third-order valence-corrected chi connectivity index (χ3v) is 3.96. The van der Waals surface area contributed by atoms with Crippen molar-refractivity contribution in [2.24, 2.45) is 0 Å². The lowest BCUT2D eigenvalue weighted by atomic mass is 10.1. The Balaban J connectivity index is 1.53. The topological polar surface area (TPSA) is 49.4 Å². The summed E-state index contributed by atoms with van der Waals surface area (Å²) in [7, 11) is 0. The van der Waals surface area contributed by atoms with Crippen LogP contribution in [-0.4, -0.2) is 35.3 Å². The first-order chi connectivity index (χ1) is 9.61.